The molecule has 1 unspecified atom stereocenters. The minimum atomic E-state index is -0.200. The first-order chi connectivity index (χ1) is 9.58. The average molecular weight is 354 g/mol. The van der Waals surface area contributed by atoms with Gasteiger partial charge in [0.15, 0.2) is 5.13 Å². The van der Waals surface area contributed by atoms with Gasteiger partial charge in [0.25, 0.3) is 0 Å². The molecule has 106 valence electrons. The van der Waals surface area contributed by atoms with Gasteiger partial charge in [0.05, 0.1) is 0 Å². The molecule has 1 aromatic carbocycles. The first kappa shape index (κ1) is 15.2. The Hall–Kier alpha value is -1.24. The Balaban J connectivity index is 1.98. The van der Waals surface area contributed by atoms with Crippen LogP contribution in [0.3, 0.4) is 0 Å². The number of nitrogens with two attached hydrogens (primary N) is 1. The van der Waals surface area contributed by atoms with Crippen molar-refractivity contribution in [1.29, 1.82) is 0 Å². The third-order valence-corrected chi connectivity index (χ3v) is 4.32. The Labute approximate surface area is 130 Å². The quantitative estimate of drug-likeness (QED) is 0.867. The molecule has 2 aromatic rings. The standard InChI is InChI=1S/C14H16BrN3OS/c1-9(7-16)13(19)18-14-17-8-12(20-14)6-10-2-4-11(15)5-3-10/h2-5,8-9H,6-7,16H2,1H3,(H,17,18,19). The predicted molar refractivity (Wildman–Crippen MR) is 85.9 cm³/mol. The molecular formula is C14H16BrN3OS. The molecule has 1 heterocycles. The molecule has 1 amide bonds. The highest BCUT2D eigenvalue weighted by atomic mass is 79.9. The molecule has 0 aliphatic rings. The van der Waals surface area contributed by atoms with E-state index < -0.39 is 0 Å². The van der Waals surface area contributed by atoms with Crippen LogP contribution in [0.2, 0.25) is 0 Å². The van der Waals surface area contributed by atoms with Crippen LogP contribution in [0.15, 0.2) is 34.9 Å². The van der Waals surface area contributed by atoms with Crippen LogP contribution < -0.4 is 11.1 Å². The van der Waals surface area contributed by atoms with Crippen molar-refractivity contribution in [3.05, 3.63) is 45.4 Å². The summed E-state index contributed by atoms with van der Waals surface area (Å²) in [6.45, 7) is 2.13. The third-order valence-electron chi connectivity index (χ3n) is 2.88. The van der Waals surface area contributed by atoms with Crippen molar-refractivity contribution < 1.29 is 4.79 Å². The first-order valence-electron chi connectivity index (χ1n) is 6.28. The number of halogens is 1. The summed E-state index contributed by atoms with van der Waals surface area (Å²) in [5, 5.41) is 3.42. The molecule has 1 atom stereocenters. The van der Waals surface area contributed by atoms with Gasteiger partial charge in [-0.15, -0.1) is 11.3 Å². The van der Waals surface area contributed by atoms with Gasteiger partial charge < -0.3 is 11.1 Å². The maximum absolute atomic E-state index is 11.7. The van der Waals surface area contributed by atoms with Crippen molar-refractivity contribution in [3.63, 3.8) is 0 Å². The number of amides is 1. The fourth-order valence-corrected chi connectivity index (χ4v) is 2.70. The van der Waals surface area contributed by atoms with Gasteiger partial charge in [0.2, 0.25) is 5.91 Å². The topological polar surface area (TPSA) is 68.0 Å². The highest BCUT2D eigenvalue weighted by Crippen LogP contribution is 2.22. The van der Waals surface area contributed by atoms with Gasteiger partial charge in [0, 0.05) is 34.4 Å². The Morgan fingerprint density at radius 1 is 1.45 bits per heavy atom. The van der Waals surface area contributed by atoms with Gasteiger partial charge in [0.1, 0.15) is 0 Å². The fourth-order valence-electron chi connectivity index (χ4n) is 1.59. The molecule has 0 radical (unpaired) electrons. The van der Waals surface area contributed by atoms with Gasteiger partial charge in [-0.05, 0) is 17.7 Å². The molecule has 0 saturated heterocycles. The fraction of sp³-hybridized carbons (Fsp3) is 0.286. The van der Waals surface area contributed by atoms with E-state index in [4.69, 9.17) is 5.73 Å². The van der Waals surface area contributed by atoms with Gasteiger partial charge in [-0.3, -0.25) is 4.79 Å². The summed E-state index contributed by atoms with van der Waals surface area (Å²) < 4.78 is 1.06. The zero-order chi connectivity index (χ0) is 14.5. The second kappa shape index (κ2) is 6.97. The lowest BCUT2D eigenvalue weighted by atomic mass is 10.1. The number of hydrogen-bond donors (Lipinski definition) is 2. The maximum atomic E-state index is 11.7. The second-order valence-corrected chi connectivity index (χ2v) is 6.59. The largest absolute Gasteiger partial charge is 0.330 e. The number of thiazole rings is 1. The van der Waals surface area contributed by atoms with Crippen LogP contribution in [0.4, 0.5) is 5.13 Å². The number of hydrogen-bond acceptors (Lipinski definition) is 4. The minimum absolute atomic E-state index is 0.0861. The van der Waals surface area contributed by atoms with E-state index >= 15 is 0 Å². The van der Waals surface area contributed by atoms with E-state index in [0.717, 1.165) is 15.8 Å². The zero-order valence-corrected chi connectivity index (χ0v) is 13.5. The lowest BCUT2D eigenvalue weighted by Crippen LogP contribution is -2.26. The third kappa shape index (κ3) is 4.13. The molecule has 0 bridgehead atoms. The molecule has 0 fully saturated rings. The monoisotopic (exact) mass is 353 g/mol. The zero-order valence-electron chi connectivity index (χ0n) is 11.1. The molecule has 0 spiro atoms. The van der Waals surface area contributed by atoms with Crippen molar-refractivity contribution in [1.82, 2.24) is 4.98 Å². The summed E-state index contributed by atoms with van der Waals surface area (Å²) in [5.74, 6) is -0.286. The normalized spacial score (nSPS) is 12.2. The summed E-state index contributed by atoms with van der Waals surface area (Å²) in [5.41, 5.74) is 6.68. The van der Waals surface area contributed by atoms with E-state index in [1.165, 1.54) is 16.9 Å². The molecule has 4 nitrogen and oxygen atoms in total. The Morgan fingerprint density at radius 3 is 2.80 bits per heavy atom. The van der Waals surface area contributed by atoms with Crippen LogP contribution >= 0.6 is 27.3 Å². The van der Waals surface area contributed by atoms with E-state index in [9.17, 15) is 4.79 Å². The highest BCUT2D eigenvalue weighted by molar-refractivity contribution is 9.10. The van der Waals surface area contributed by atoms with Gasteiger partial charge in [-0.1, -0.05) is 35.0 Å². The maximum Gasteiger partial charge on any atom is 0.230 e. The lowest BCUT2D eigenvalue weighted by Gasteiger charge is -2.06. The summed E-state index contributed by atoms with van der Waals surface area (Å²) in [6.07, 6.45) is 2.61. The van der Waals surface area contributed by atoms with Crippen LogP contribution in [-0.2, 0) is 11.2 Å². The Morgan fingerprint density at radius 2 is 2.15 bits per heavy atom. The first-order valence-corrected chi connectivity index (χ1v) is 7.89. The SMILES string of the molecule is CC(CN)C(=O)Nc1ncc(Cc2ccc(Br)cc2)s1. The summed E-state index contributed by atoms with van der Waals surface area (Å²) >= 11 is 4.91. The molecule has 6 heteroatoms. The predicted octanol–water partition coefficient (Wildman–Crippen LogP) is 3.03. The van der Waals surface area contributed by atoms with E-state index in [-0.39, 0.29) is 11.8 Å². The van der Waals surface area contributed by atoms with Gasteiger partial charge in [-0.2, -0.15) is 0 Å². The second-order valence-electron chi connectivity index (χ2n) is 4.56. The Bertz CT molecular complexity index is 582. The van der Waals surface area contributed by atoms with Crippen LogP contribution in [0.1, 0.15) is 17.4 Å². The number of anilines is 1. The minimum Gasteiger partial charge on any atom is -0.330 e. The van der Waals surface area contributed by atoms with Gasteiger partial charge >= 0.3 is 0 Å². The van der Waals surface area contributed by atoms with Crippen LogP contribution in [0.25, 0.3) is 0 Å². The van der Waals surface area contributed by atoms with E-state index in [2.05, 4.69) is 38.4 Å². The molecule has 0 aliphatic carbocycles. The van der Waals surface area contributed by atoms with Crippen LogP contribution in [0, 0.1) is 5.92 Å². The van der Waals surface area contributed by atoms with E-state index in [1.54, 1.807) is 13.1 Å². The van der Waals surface area contributed by atoms with Crippen molar-refractivity contribution in [3.8, 4) is 0 Å². The smallest absolute Gasteiger partial charge is 0.230 e. The number of rotatable bonds is 5. The Kier molecular flexibility index (Phi) is 5.28. The summed E-state index contributed by atoms with van der Waals surface area (Å²) in [6, 6.07) is 8.17. The van der Waals surface area contributed by atoms with Gasteiger partial charge in [-0.25, -0.2) is 4.98 Å². The molecule has 3 N–H and O–H groups in total. The number of benzene rings is 1. The van der Waals surface area contributed by atoms with Crippen LogP contribution in [-0.4, -0.2) is 17.4 Å². The summed E-state index contributed by atoms with van der Waals surface area (Å²) in [4.78, 5) is 17.1. The number of carbonyl (C=O) groups excluding carboxylic acids is 1. The number of carbonyl (C=O) groups is 1. The molecule has 0 aliphatic heterocycles. The van der Waals surface area contributed by atoms with Crippen molar-refractivity contribution in [2.24, 2.45) is 11.7 Å². The van der Waals surface area contributed by atoms with Crippen LogP contribution in [0.5, 0.6) is 0 Å². The number of nitrogens with zero attached hydrogens (tertiary/aromatic N) is 1. The molecular weight excluding hydrogens is 338 g/mol. The van der Waals surface area contributed by atoms with Crippen molar-refractivity contribution in [2.45, 2.75) is 13.3 Å². The summed E-state index contributed by atoms with van der Waals surface area (Å²) in [7, 11) is 0. The van der Waals surface area contributed by atoms with Crippen molar-refractivity contribution in [2.75, 3.05) is 11.9 Å². The van der Waals surface area contributed by atoms with E-state index in [0.29, 0.717) is 11.7 Å². The average Bonchev–Trinajstić information content (AvgIpc) is 2.87. The number of nitrogens with one attached hydrogen (secondary N) is 1. The van der Waals surface area contributed by atoms with Crippen molar-refractivity contribution >= 4 is 38.3 Å². The van der Waals surface area contributed by atoms with E-state index in [1.807, 2.05) is 12.1 Å². The number of aromatic nitrogens is 1. The lowest BCUT2D eigenvalue weighted by molar-refractivity contribution is -0.119. The molecule has 1 aromatic heterocycles. The molecule has 2 rings (SSSR count). The highest BCUT2D eigenvalue weighted by Gasteiger charge is 2.12. The molecule has 20 heavy (non-hydrogen) atoms. The molecule has 0 saturated carbocycles.